The topological polar surface area (TPSA) is 58.0 Å². The zero-order chi connectivity index (χ0) is 19.2. The first-order chi connectivity index (χ1) is 13.1. The number of hydrogen-bond acceptors (Lipinski definition) is 4. The number of aromatic nitrogens is 1. The number of pyridine rings is 1. The Labute approximate surface area is 161 Å². The molecule has 0 unspecified atom stereocenters. The summed E-state index contributed by atoms with van der Waals surface area (Å²) in [6.07, 6.45) is 7.63. The fraction of sp³-hybridized carbons (Fsp3) is 0.455. The maximum atomic E-state index is 9.73. The molecule has 1 heterocycles. The highest BCUT2D eigenvalue weighted by atomic mass is 16.5. The molecule has 27 heavy (non-hydrogen) atoms. The van der Waals surface area contributed by atoms with E-state index in [-0.39, 0.29) is 0 Å². The molecule has 1 saturated carbocycles. The average molecular weight is 367 g/mol. The van der Waals surface area contributed by atoms with Crippen LogP contribution >= 0.6 is 0 Å². The molecule has 1 fully saturated rings. The summed E-state index contributed by atoms with van der Waals surface area (Å²) in [7, 11) is 1.99. The molecule has 1 aliphatic carbocycles. The Kier molecular flexibility index (Phi) is 6.32. The van der Waals surface area contributed by atoms with Gasteiger partial charge in [0.25, 0.3) is 0 Å². The molecule has 1 aromatic heterocycles. The van der Waals surface area contributed by atoms with Gasteiger partial charge in [-0.05, 0) is 48.6 Å². The van der Waals surface area contributed by atoms with Gasteiger partial charge in [-0.15, -0.1) is 0 Å². The second-order valence-corrected chi connectivity index (χ2v) is 7.51. The molecule has 0 spiro atoms. The van der Waals surface area contributed by atoms with Gasteiger partial charge in [-0.2, -0.15) is 0 Å². The van der Waals surface area contributed by atoms with Crippen LogP contribution in [0.5, 0.6) is 11.6 Å². The Morgan fingerprint density at radius 2 is 1.85 bits per heavy atom. The summed E-state index contributed by atoms with van der Waals surface area (Å²) in [5.74, 6) is 2.15. The van der Waals surface area contributed by atoms with E-state index in [1.165, 1.54) is 24.8 Å². The number of benzene rings is 1. The van der Waals surface area contributed by atoms with Crippen LogP contribution in [-0.4, -0.2) is 34.0 Å². The van der Waals surface area contributed by atoms with E-state index in [2.05, 4.69) is 41.0 Å². The largest absolute Gasteiger partial charge is 0.438 e. The molecule has 0 bridgehead atoms. The van der Waals surface area contributed by atoms with Crippen molar-refractivity contribution in [3.05, 3.63) is 53.7 Å². The van der Waals surface area contributed by atoms with Crippen LogP contribution in [0.4, 0.5) is 0 Å². The van der Waals surface area contributed by atoms with E-state index in [1.807, 2.05) is 31.3 Å². The Morgan fingerprint density at radius 3 is 2.48 bits per heavy atom. The van der Waals surface area contributed by atoms with E-state index in [4.69, 9.17) is 4.74 Å². The van der Waals surface area contributed by atoms with Crippen LogP contribution in [0.2, 0.25) is 0 Å². The Bertz CT molecular complexity index is 765. The SMILES string of the molecule is CC(C)c1ccc(Oc2ncccc2/C(=N/O)N(C)C2CCCCC2)cc1. The molecule has 5 heteroatoms. The van der Waals surface area contributed by atoms with Gasteiger partial charge in [0.05, 0.1) is 5.56 Å². The number of ether oxygens (including phenoxy) is 1. The molecule has 3 rings (SSSR count). The normalized spacial score (nSPS) is 15.8. The monoisotopic (exact) mass is 367 g/mol. The molecule has 0 saturated heterocycles. The molecule has 1 aliphatic rings. The van der Waals surface area contributed by atoms with Crippen molar-refractivity contribution in [2.75, 3.05) is 7.05 Å². The minimum absolute atomic E-state index is 0.378. The van der Waals surface area contributed by atoms with Crippen molar-refractivity contribution in [3.63, 3.8) is 0 Å². The van der Waals surface area contributed by atoms with E-state index in [9.17, 15) is 5.21 Å². The van der Waals surface area contributed by atoms with E-state index in [0.717, 1.165) is 18.6 Å². The predicted molar refractivity (Wildman–Crippen MR) is 108 cm³/mol. The summed E-state index contributed by atoms with van der Waals surface area (Å²) in [5, 5.41) is 13.3. The number of rotatable bonds is 5. The molecule has 2 aromatic rings. The van der Waals surface area contributed by atoms with Gasteiger partial charge in [0, 0.05) is 19.3 Å². The zero-order valence-electron chi connectivity index (χ0n) is 16.4. The van der Waals surface area contributed by atoms with Crippen LogP contribution in [0.3, 0.4) is 0 Å². The summed E-state index contributed by atoms with van der Waals surface area (Å²) < 4.78 is 6.03. The summed E-state index contributed by atoms with van der Waals surface area (Å²) in [6.45, 7) is 4.33. The molecule has 144 valence electrons. The lowest BCUT2D eigenvalue weighted by Gasteiger charge is -2.33. The maximum absolute atomic E-state index is 9.73. The van der Waals surface area contributed by atoms with E-state index in [1.54, 1.807) is 6.20 Å². The number of amidine groups is 1. The molecule has 0 radical (unpaired) electrons. The zero-order valence-corrected chi connectivity index (χ0v) is 16.4. The first kappa shape index (κ1) is 19.2. The molecule has 0 atom stereocenters. The lowest BCUT2D eigenvalue weighted by molar-refractivity contribution is 0.256. The minimum Gasteiger partial charge on any atom is -0.438 e. The van der Waals surface area contributed by atoms with Crippen LogP contribution in [-0.2, 0) is 0 Å². The van der Waals surface area contributed by atoms with Crippen molar-refractivity contribution >= 4 is 5.84 Å². The Hall–Kier alpha value is -2.56. The van der Waals surface area contributed by atoms with Gasteiger partial charge in [0.2, 0.25) is 5.88 Å². The average Bonchev–Trinajstić information content (AvgIpc) is 2.71. The van der Waals surface area contributed by atoms with Crippen molar-refractivity contribution in [1.82, 2.24) is 9.88 Å². The van der Waals surface area contributed by atoms with Crippen molar-refractivity contribution < 1.29 is 9.94 Å². The van der Waals surface area contributed by atoms with E-state index in [0.29, 0.717) is 29.2 Å². The highest BCUT2D eigenvalue weighted by Gasteiger charge is 2.24. The van der Waals surface area contributed by atoms with Crippen molar-refractivity contribution in [3.8, 4) is 11.6 Å². The fourth-order valence-electron chi connectivity index (χ4n) is 3.63. The first-order valence-electron chi connectivity index (χ1n) is 9.78. The van der Waals surface area contributed by atoms with Crippen LogP contribution in [0.1, 0.15) is 63.0 Å². The molecule has 0 aliphatic heterocycles. The molecule has 5 nitrogen and oxygen atoms in total. The Morgan fingerprint density at radius 1 is 1.15 bits per heavy atom. The highest BCUT2D eigenvalue weighted by molar-refractivity contribution is 6.00. The van der Waals surface area contributed by atoms with Crippen LogP contribution in [0, 0.1) is 0 Å². The first-order valence-corrected chi connectivity index (χ1v) is 9.78. The summed E-state index contributed by atoms with van der Waals surface area (Å²) >= 11 is 0. The number of hydrogen-bond donors (Lipinski definition) is 1. The summed E-state index contributed by atoms with van der Waals surface area (Å²) in [6, 6.07) is 12.1. The summed E-state index contributed by atoms with van der Waals surface area (Å²) in [5.41, 5.74) is 1.96. The number of oxime groups is 1. The smallest absolute Gasteiger partial charge is 0.230 e. The standard InChI is InChI=1S/C22H29N3O2/c1-16(2)17-11-13-19(14-12-17)27-22-20(10-7-15-23-22)21(24-26)25(3)18-8-5-4-6-9-18/h7,10-16,18,26H,4-6,8-9H2,1-3H3/b24-21-. The molecule has 1 N–H and O–H groups in total. The van der Waals surface area contributed by atoms with Gasteiger partial charge in [-0.1, -0.05) is 50.4 Å². The fourth-order valence-corrected chi connectivity index (χ4v) is 3.63. The Balaban J connectivity index is 1.83. The van der Waals surface area contributed by atoms with E-state index < -0.39 is 0 Å². The van der Waals surface area contributed by atoms with Gasteiger partial charge < -0.3 is 14.8 Å². The van der Waals surface area contributed by atoms with Crippen molar-refractivity contribution in [2.24, 2.45) is 5.16 Å². The maximum Gasteiger partial charge on any atom is 0.230 e. The predicted octanol–water partition coefficient (Wildman–Crippen LogP) is 5.40. The van der Waals surface area contributed by atoms with Crippen LogP contribution in [0.25, 0.3) is 0 Å². The van der Waals surface area contributed by atoms with Crippen LogP contribution in [0.15, 0.2) is 47.8 Å². The van der Waals surface area contributed by atoms with Crippen molar-refractivity contribution in [2.45, 2.75) is 57.9 Å². The quantitative estimate of drug-likeness (QED) is 0.333. The van der Waals surface area contributed by atoms with Gasteiger partial charge in [0.15, 0.2) is 5.84 Å². The lowest BCUT2D eigenvalue weighted by Crippen LogP contribution is -2.39. The molecular formula is C22H29N3O2. The van der Waals surface area contributed by atoms with Gasteiger partial charge in [-0.3, -0.25) is 0 Å². The molecule has 1 aromatic carbocycles. The van der Waals surface area contributed by atoms with E-state index >= 15 is 0 Å². The third kappa shape index (κ3) is 4.59. The summed E-state index contributed by atoms with van der Waals surface area (Å²) in [4.78, 5) is 6.45. The third-order valence-electron chi connectivity index (χ3n) is 5.32. The lowest BCUT2D eigenvalue weighted by atomic mass is 9.94. The third-order valence-corrected chi connectivity index (χ3v) is 5.32. The second kappa shape index (κ2) is 8.89. The van der Waals surface area contributed by atoms with Gasteiger partial charge >= 0.3 is 0 Å². The van der Waals surface area contributed by atoms with Crippen LogP contribution < -0.4 is 4.74 Å². The minimum atomic E-state index is 0.378. The number of nitrogens with zero attached hydrogens (tertiary/aromatic N) is 3. The molecule has 0 amide bonds. The molecular weight excluding hydrogens is 338 g/mol. The van der Waals surface area contributed by atoms with Gasteiger partial charge in [-0.25, -0.2) is 4.98 Å². The highest BCUT2D eigenvalue weighted by Crippen LogP contribution is 2.28. The van der Waals surface area contributed by atoms with Gasteiger partial charge in [0.1, 0.15) is 5.75 Å². The second-order valence-electron chi connectivity index (χ2n) is 7.51. The van der Waals surface area contributed by atoms with Crippen molar-refractivity contribution in [1.29, 1.82) is 0 Å².